The van der Waals surface area contributed by atoms with E-state index >= 15 is 0 Å². The molecule has 5 nitrogen and oxygen atoms in total. The van der Waals surface area contributed by atoms with Crippen LogP contribution in [-0.4, -0.2) is 17.4 Å². The lowest BCUT2D eigenvalue weighted by Crippen LogP contribution is -2.44. The predicted octanol–water partition coefficient (Wildman–Crippen LogP) is 2.43. The van der Waals surface area contributed by atoms with Crippen LogP contribution in [-0.2, 0) is 4.79 Å². The first-order valence-electron chi connectivity index (χ1n) is 7.08. The summed E-state index contributed by atoms with van der Waals surface area (Å²) < 4.78 is 0. The molecule has 0 unspecified atom stereocenters. The Labute approximate surface area is 129 Å². The molecule has 0 saturated heterocycles. The van der Waals surface area contributed by atoms with Crippen LogP contribution >= 0.6 is 11.6 Å². The molecule has 0 heterocycles. The summed E-state index contributed by atoms with van der Waals surface area (Å²) in [5, 5.41) is 3.02. The Morgan fingerprint density at radius 3 is 2.52 bits per heavy atom. The number of rotatable bonds is 4. The largest absolute Gasteiger partial charge is 0.366 e. The summed E-state index contributed by atoms with van der Waals surface area (Å²) in [6.07, 6.45) is 5.33. The zero-order valence-electron chi connectivity index (χ0n) is 11.8. The third-order valence-corrected chi connectivity index (χ3v) is 4.21. The molecule has 1 fully saturated rings. The van der Waals surface area contributed by atoms with E-state index in [1.165, 1.54) is 18.6 Å². The van der Waals surface area contributed by atoms with Gasteiger partial charge in [-0.1, -0.05) is 30.9 Å². The summed E-state index contributed by atoms with van der Waals surface area (Å²) in [5.41, 5.74) is 11.8. The first-order valence-corrected chi connectivity index (χ1v) is 7.45. The van der Waals surface area contributed by atoms with E-state index in [2.05, 4.69) is 5.32 Å². The van der Waals surface area contributed by atoms with Crippen molar-refractivity contribution in [1.29, 1.82) is 0 Å². The van der Waals surface area contributed by atoms with E-state index in [4.69, 9.17) is 23.1 Å². The zero-order chi connectivity index (χ0) is 15.5. The van der Waals surface area contributed by atoms with Gasteiger partial charge in [-0.15, -0.1) is 0 Å². The average Bonchev–Trinajstić information content (AvgIpc) is 2.40. The fraction of sp³-hybridized carbons (Fsp3) is 0.467. The Morgan fingerprint density at radius 2 is 1.90 bits per heavy atom. The van der Waals surface area contributed by atoms with Gasteiger partial charge in [-0.3, -0.25) is 9.59 Å². The molecule has 1 aliphatic carbocycles. The van der Waals surface area contributed by atoms with Crippen LogP contribution in [0.2, 0.25) is 5.02 Å². The number of benzene rings is 1. The summed E-state index contributed by atoms with van der Waals surface area (Å²) in [7, 11) is 0. The maximum Gasteiger partial charge on any atom is 0.250 e. The van der Waals surface area contributed by atoms with Crippen LogP contribution in [0.15, 0.2) is 18.2 Å². The third kappa shape index (κ3) is 4.19. The molecule has 1 saturated carbocycles. The van der Waals surface area contributed by atoms with Crippen LogP contribution in [0, 0.1) is 0 Å². The second-order valence-corrected chi connectivity index (χ2v) is 6.11. The van der Waals surface area contributed by atoms with Crippen molar-refractivity contribution >= 4 is 29.1 Å². The van der Waals surface area contributed by atoms with Crippen LogP contribution in [0.4, 0.5) is 5.69 Å². The number of amides is 2. The predicted molar refractivity (Wildman–Crippen MR) is 83.2 cm³/mol. The van der Waals surface area contributed by atoms with E-state index in [1.807, 2.05) is 0 Å². The maximum atomic E-state index is 12.1. The van der Waals surface area contributed by atoms with E-state index in [9.17, 15) is 9.59 Å². The van der Waals surface area contributed by atoms with Gasteiger partial charge in [0.15, 0.2) is 0 Å². The number of carbonyl (C=O) groups is 2. The quantitative estimate of drug-likeness (QED) is 0.796. The van der Waals surface area contributed by atoms with Crippen molar-refractivity contribution in [3.63, 3.8) is 0 Å². The highest BCUT2D eigenvalue weighted by atomic mass is 35.5. The molecule has 1 aromatic rings. The van der Waals surface area contributed by atoms with Crippen molar-refractivity contribution in [2.45, 2.75) is 44.1 Å². The molecule has 2 rings (SSSR count). The Kier molecular flexibility index (Phi) is 4.85. The first kappa shape index (κ1) is 15.8. The molecule has 1 aromatic carbocycles. The lowest BCUT2D eigenvalue weighted by Gasteiger charge is -2.32. The Hall–Kier alpha value is -1.59. The van der Waals surface area contributed by atoms with Crippen molar-refractivity contribution in [2.75, 3.05) is 5.32 Å². The lowest BCUT2D eigenvalue weighted by atomic mass is 9.80. The van der Waals surface area contributed by atoms with E-state index in [1.54, 1.807) is 6.07 Å². The molecular formula is C15H20ClN3O2. The Bertz CT molecular complexity index is 554. The first-order chi connectivity index (χ1) is 9.89. The second kappa shape index (κ2) is 6.45. The summed E-state index contributed by atoms with van der Waals surface area (Å²) in [5.74, 6) is -0.782. The van der Waals surface area contributed by atoms with Crippen LogP contribution in [0.5, 0.6) is 0 Å². The van der Waals surface area contributed by atoms with Crippen LogP contribution in [0.25, 0.3) is 0 Å². The van der Waals surface area contributed by atoms with E-state index in [0.29, 0.717) is 5.69 Å². The van der Waals surface area contributed by atoms with Gasteiger partial charge in [-0.2, -0.15) is 0 Å². The highest BCUT2D eigenvalue weighted by molar-refractivity contribution is 6.33. The van der Waals surface area contributed by atoms with Gasteiger partial charge in [0.2, 0.25) is 11.8 Å². The van der Waals surface area contributed by atoms with Gasteiger partial charge in [-0.05, 0) is 31.0 Å². The fourth-order valence-electron chi connectivity index (χ4n) is 2.75. The molecule has 0 atom stereocenters. The lowest BCUT2D eigenvalue weighted by molar-refractivity contribution is -0.117. The number of halogens is 1. The Morgan fingerprint density at radius 1 is 1.24 bits per heavy atom. The van der Waals surface area contributed by atoms with Crippen molar-refractivity contribution < 1.29 is 9.59 Å². The summed E-state index contributed by atoms with van der Waals surface area (Å²) >= 11 is 5.87. The number of primary amides is 1. The van der Waals surface area contributed by atoms with Gasteiger partial charge in [0.25, 0.3) is 0 Å². The van der Waals surface area contributed by atoms with Gasteiger partial charge < -0.3 is 16.8 Å². The van der Waals surface area contributed by atoms with Crippen LogP contribution in [0.1, 0.15) is 48.9 Å². The van der Waals surface area contributed by atoms with E-state index in [0.717, 1.165) is 25.7 Å². The second-order valence-electron chi connectivity index (χ2n) is 5.71. The van der Waals surface area contributed by atoms with Crippen molar-refractivity contribution in [1.82, 2.24) is 0 Å². The molecule has 0 aliphatic heterocycles. The monoisotopic (exact) mass is 309 g/mol. The molecule has 6 heteroatoms. The van der Waals surface area contributed by atoms with Crippen molar-refractivity contribution in [2.24, 2.45) is 11.5 Å². The number of hydrogen-bond acceptors (Lipinski definition) is 3. The SMILES string of the molecule is NC(=O)c1cc(NC(=O)CC2(N)CCCCC2)ccc1Cl. The highest BCUT2D eigenvalue weighted by Crippen LogP contribution is 2.29. The molecule has 1 aliphatic rings. The van der Waals surface area contributed by atoms with Gasteiger partial charge in [0.05, 0.1) is 10.6 Å². The molecule has 2 amide bonds. The standard InChI is InChI=1S/C15H20ClN3O2/c16-12-5-4-10(8-11(12)14(17)21)19-13(20)9-15(18)6-2-1-3-7-15/h4-5,8H,1-3,6-7,9,18H2,(H2,17,21)(H,19,20). The normalized spacial score (nSPS) is 17.2. The van der Waals surface area contributed by atoms with Crippen molar-refractivity contribution in [3.05, 3.63) is 28.8 Å². The number of anilines is 1. The maximum absolute atomic E-state index is 12.1. The molecular weight excluding hydrogens is 290 g/mol. The van der Waals surface area contributed by atoms with Gasteiger partial charge >= 0.3 is 0 Å². The minimum atomic E-state index is -0.626. The molecule has 5 N–H and O–H groups in total. The summed E-state index contributed by atoms with van der Waals surface area (Å²) in [4.78, 5) is 23.3. The van der Waals surface area contributed by atoms with Gasteiger partial charge in [0, 0.05) is 17.6 Å². The fourth-order valence-corrected chi connectivity index (χ4v) is 2.96. The smallest absolute Gasteiger partial charge is 0.250 e. The third-order valence-electron chi connectivity index (χ3n) is 3.88. The highest BCUT2D eigenvalue weighted by Gasteiger charge is 2.30. The molecule has 21 heavy (non-hydrogen) atoms. The minimum absolute atomic E-state index is 0.155. The van der Waals surface area contributed by atoms with Crippen molar-refractivity contribution in [3.8, 4) is 0 Å². The van der Waals surface area contributed by atoms with Crippen LogP contribution in [0.3, 0.4) is 0 Å². The number of hydrogen-bond donors (Lipinski definition) is 3. The molecule has 114 valence electrons. The molecule has 0 radical (unpaired) electrons. The molecule has 0 bridgehead atoms. The van der Waals surface area contributed by atoms with E-state index < -0.39 is 11.4 Å². The molecule has 0 aromatic heterocycles. The number of carbonyl (C=O) groups excluding carboxylic acids is 2. The number of nitrogens with two attached hydrogens (primary N) is 2. The zero-order valence-corrected chi connectivity index (χ0v) is 12.6. The van der Waals surface area contributed by atoms with Gasteiger partial charge in [-0.25, -0.2) is 0 Å². The minimum Gasteiger partial charge on any atom is -0.366 e. The summed E-state index contributed by atoms with van der Waals surface area (Å²) in [6.45, 7) is 0. The van der Waals surface area contributed by atoms with Gasteiger partial charge in [0.1, 0.15) is 0 Å². The number of nitrogens with one attached hydrogen (secondary N) is 1. The molecule has 0 spiro atoms. The summed E-state index contributed by atoms with van der Waals surface area (Å²) in [6, 6.07) is 4.65. The topological polar surface area (TPSA) is 98.2 Å². The van der Waals surface area contributed by atoms with Crippen LogP contribution < -0.4 is 16.8 Å². The van der Waals surface area contributed by atoms with E-state index in [-0.39, 0.29) is 22.9 Å². The Balaban J connectivity index is 2.02. The average molecular weight is 310 g/mol.